The van der Waals surface area contributed by atoms with Crippen LogP contribution in [-0.4, -0.2) is 129 Å². The second kappa shape index (κ2) is 29.6. The fourth-order valence-electron chi connectivity index (χ4n) is 12.5. The number of hydrogen-bond donors (Lipinski definition) is 0. The highest BCUT2D eigenvalue weighted by atomic mass is 32.2. The third-order valence-electron chi connectivity index (χ3n) is 15.7. The van der Waals surface area contributed by atoms with Crippen molar-refractivity contribution in [2.75, 3.05) is 65.4 Å². The Bertz CT molecular complexity index is 3730. The van der Waals surface area contributed by atoms with Crippen LogP contribution in [0.2, 0.25) is 0 Å². The molecule has 0 unspecified atom stereocenters. The molecule has 0 aliphatic heterocycles. The van der Waals surface area contributed by atoms with Crippen LogP contribution in [0.1, 0.15) is 136 Å². The largest absolute Gasteiger partial charge is 0.243 e. The molecule has 470 valence electrons. The molecule has 0 aliphatic rings. The lowest BCUT2D eigenvalue weighted by molar-refractivity contribution is 0.359. The number of rotatable bonds is 31. The normalized spacial score (nSPS) is 13.1. The van der Waals surface area contributed by atoms with Gasteiger partial charge in [0.15, 0.2) is 0 Å². The van der Waals surface area contributed by atoms with E-state index in [-0.39, 0.29) is 103 Å². The number of sulfonamides is 5. The lowest BCUT2D eigenvalue weighted by Gasteiger charge is -2.27. The summed E-state index contributed by atoms with van der Waals surface area (Å²) in [6, 6.07) is 18.4. The molecule has 0 heterocycles. The maximum absolute atomic E-state index is 15.0. The lowest BCUT2D eigenvalue weighted by atomic mass is 10.1. The highest BCUT2D eigenvalue weighted by Gasteiger charge is 2.33. The number of unbranched alkanes of at least 4 members (excludes halogenated alkanes) is 3. The molecule has 15 nitrogen and oxygen atoms in total. The molecular weight excluding hydrogens is 1170 g/mol. The smallest absolute Gasteiger partial charge is 0.207 e. The van der Waals surface area contributed by atoms with E-state index in [0.717, 1.165) is 27.8 Å². The van der Waals surface area contributed by atoms with Gasteiger partial charge in [0.1, 0.15) is 0 Å². The summed E-state index contributed by atoms with van der Waals surface area (Å²) < 4.78 is 152. The van der Waals surface area contributed by atoms with Gasteiger partial charge < -0.3 is 0 Å². The Hall–Kier alpha value is -4.61. The summed E-state index contributed by atoms with van der Waals surface area (Å²) in [5, 5.41) is 0. The molecule has 0 fully saturated rings. The summed E-state index contributed by atoms with van der Waals surface area (Å²) >= 11 is 0. The molecule has 0 atom stereocenters. The maximum atomic E-state index is 15.0. The number of nitrogens with zero attached hydrogens (tertiary/aromatic N) is 5. The predicted octanol–water partition coefficient (Wildman–Crippen LogP) is 12.0. The average molecular weight is 1270 g/mol. The first kappa shape index (κ1) is 71.1. The summed E-state index contributed by atoms with van der Waals surface area (Å²) in [6.07, 6.45) is 5.34. The van der Waals surface area contributed by atoms with Gasteiger partial charge in [-0.1, -0.05) is 114 Å². The van der Waals surface area contributed by atoms with Gasteiger partial charge in [0.25, 0.3) is 0 Å². The molecule has 0 saturated heterocycles. The number of benzene rings is 5. The molecule has 0 aliphatic carbocycles. The summed E-state index contributed by atoms with van der Waals surface area (Å²) in [4.78, 5) is 1.14. The van der Waals surface area contributed by atoms with Crippen LogP contribution in [0.25, 0.3) is 0 Å². The van der Waals surface area contributed by atoms with Gasteiger partial charge in [0.05, 0.1) is 24.5 Å². The Morgan fingerprint density at radius 2 is 0.412 bits per heavy atom. The van der Waals surface area contributed by atoms with E-state index in [2.05, 4.69) is 0 Å². The molecule has 0 bridgehead atoms. The van der Waals surface area contributed by atoms with Crippen LogP contribution in [0.15, 0.2) is 97.3 Å². The molecule has 5 aromatic carbocycles. The van der Waals surface area contributed by atoms with Crippen LogP contribution < -0.4 is 0 Å². The van der Waals surface area contributed by atoms with E-state index in [1.165, 1.54) is 21.5 Å². The Labute approximate surface area is 512 Å². The van der Waals surface area contributed by atoms with Crippen LogP contribution in [-0.2, 0) is 50.1 Å². The Morgan fingerprint density at radius 1 is 0.259 bits per heavy atom. The quantitative estimate of drug-likeness (QED) is 0.0305. The molecule has 0 amide bonds. The summed E-state index contributed by atoms with van der Waals surface area (Å²) in [5.41, 5.74) is 10.9. The SMILES string of the molecule is CCN(CCCCN(C/C=C\CN(CCCCN(CCCCN(CC)S(=O)(=O)c1c(C)cc(C)cc1C)S(=O)(=O)c1c(C)cc(C)cc1C)S(=O)(=O)c1c(C)cc(C)cc1C)S(=O)(=O)c1c(C)cc(C)cc1C)S(=O)(=O)c1c(C)cc(C)cc1C. The Balaban J connectivity index is 1.41. The molecule has 20 heteroatoms. The van der Waals surface area contributed by atoms with Crippen molar-refractivity contribution in [3.63, 3.8) is 0 Å². The first-order valence-corrected chi connectivity index (χ1v) is 36.8. The van der Waals surface area contributed by atoms with Gasteiger partial charge in [-0.2, -0.15) is 21.5 Å². The van der Waals surface area contributed by atoms with Gasteiger partial charge in [0, 0.05) is 65.4 Å². The zero-order chi connectivity index (χ0) is 63.7. The van der Waals surface area contributed by atoms with Crippen LogP contribution in [0.5, 0.6) is 0 Å². The highest BCUT2D eigenvalue weighted by Crippen LogP contribution is 2.32. The zero-order valence-electron chi connectivity index (χ0n) is 53.6. The van der Waals surface area contributed by atoms with E-state index in [0.29, 0.717) is 81.3 Å². The van der Waals surface area contributed by atoms with Crippen molar-refractivity contribution in [1.29, 1.82) is 0 Å². The van der Waals surface area contributed by atoms with Gasteiger partial charge >= 0.3 is 0 Å². The topological polar surface area (TPSA) is 187 Å². The van der Waals surface area contributed by atoms with Crippen LogP contribution >= 0.6 is 0 Å². The van der Waals surface area contributed by atoms with Gasteiger partial charge in [-0.05, 0) is 198 Å². The number of aryl methyl sites for hydroxylation is 15. The van der Waals surface area contributed by atoms with Crippen LogP contribution in [0, 0.1) is 104 Å². The summed E-state index contributed by atoms with van der Waals surface area (Å²) in [7, 11) is -20.1. The second-order valence-electron chi connectivity index (χ2n) is 23.4. The number of hydrogen-bond acceptors (Lipinski definition) is 10. The zero-order valence-corrected chi connectivity index (χ0v) is 57.7. The van der Waals surface area contributed by atoms with E-state index in [4.69, 9.17) is 0 Å². The molecule has 0 N–H and O–H groups in total. The summed E-state index contributed by atoms with van der Waals surface area (Å²) in [6.45, 7) is 31.8. The van der Waals surface area contributed by atoms with E-state index < -0.39 is 50.1 Å². The maximum Gasteiger partial charge on any atom is 0.243 e. The molecule has 0 spiro atoms. The van der Waals surface area contributed by atoms with E-state index in [1.54, 1.807) is 95.2 Å². The van der Waals surface area contributed by atoms with E-state index in [1.807, 2.05) is 95.3 Å². The minimum atomic E-state index is -4.18. The van der Waals surface area contributed by atoms with Gasteiger partial charge in [-0.25, -0.2) is 42.1 Å². The summed E-state index contributed by atoms with van der Waals surface area (Å²) in [5.74, 6) is 0. The fourth-order valence-corrected chi connectivity index (χ4v) is 21.9. The fraction of sp³-hybridized carbons (Fsp3) is 0.508. The van der Waals surface area contributed by atoms with E-state index >= 15 is 0 Å². The molecule has 0 radical (unpaired) electrons. The third kappa shape index (κ3) is 17.0. The van der Waals surface area contributed by atoms with Crippen molar-refractivity contribution in [3.8, 4) is 0 Å². The first-order chi connectivity index (χ1) is 39.5. The average Bonchev–Trinajstić information content (AvgIpc) is 2.55. The molecule has 5 rings (SSSR count). The highest BCUT2D eigenvalue weighted by molar-refractivity contribution is 7.90. The Kier molecular flexibility index (Phi) is 24.8. The van der Waals surface area contributed by atoms with E-state index in [9.17, 15) is 42.1 Å². The predicted molar refractivity (Wildman–Crippen MR) is 345 cm³/mol. The molecular formula is C65H95N5O10S5. The molecule has 85 heavy (non-hydrogen) atoms. The standard InChI is InChI=1S/C65H95N5O10S5/c1-18-66(81(71,72)61-51(8)36-46(3)37-52(61)9)28-20-22-30-68(83(75,76)63-55(12)40-48(5)41-56(63)13)32-24-26-34-70(85(79,80)65-59(16)44-50(7)45-60(65)17)35-27-25-33-69(84(77,78)64-57(14)42-49(6)43-58(64)15)31-23-21-29-67(19-2)82(73,74)62-53(10)38-47(4)39-54(62)11/h24,26,36-45H,18-23,25,27-35H2,1-17H3/b26-24-. The van der Waals surface area contributed by atoms with Gasteiger partial charge in [0.2, 0.25) is 50.1 Å². The van der Waals surface area contributed by atoms with Crippen molar-refractivity contribution in [3.05, 3.63) is 156 Å². The van der Waals surface area contributed by atoms with Crippen molar-refractivity contribution in [1.82, 2.24) is 21.5 Å². The molecule has 0 saturated carbocycles. The van der Waals surface area contributed by atoms with Crippen molar-refractivity contribution >= 4 is 50.1 Å². The second-order valence-corrected chi connectivity index (χ2v) is 32.7. The van der Waals surface area contributed by atoms with Gasteiger partial charge in [-0.15, -0.1) is 0 Å². The van der Waals surface area contributed by atoms with Crippen molar-refractivity contribution < 1.29 is 42.1 Å². The minimum Gasteiger partial charge on any atom is -0.207 e. The third-order valence-corrected chi connectivity index (χ3v) is 26.8. The first-order valence-electron chi connectivity index (χ1n) is 29.6. The van der Waals surface area contributed by atoms with Crippen LogP contribution in [0.4, 0.5) is 0 Å². The monoisotopic (exact) mass is 1270 g/mol. The lowest BCUT2D eigenvalue weighted by Crippen LogP contribution is -2.37. The minimum absolute atomic E-state index is 0.0132. The van der Waals surface area contributed by atoms with Crippen molar-refractivity contribution in [2.24, 2.45) is 0 Å². The van der Waals surface area contributed by atoms with Gasteiger partial charge in [-0.3, -0.25) is 0 Å². The Morgan fingerprint density at radius 3 is 0.600 bits per heavy atom. The molecule has 0 aromatic heterocycles. The van der Waals surface area contributed by atoms with Crippen LogP contribution in [0.3, 0.4) is 0 Å². The van der Waals surface area contributed by atoms with Crippen molar-refractivity contribution in [2.45, 2.75) is 181 Å². The molecule has 5 aromatic rings.